The normalized spacial score (nSPS) is 11.8. The van der Waals surface area contributed by atoms with Gasteiger partial charge in [-0.2, -0.15) is 0 Å². The number of nitrogens with one attached hydrogen (secondary N) is 1. The Hall–Kier alpha value is -4.03. The second-order valence-corrected chi connectivity index (χ2v) is 10.1. The standard InChI is InChI=1S/C30H39NO11/c1-4-5-6-7-8-26(35)39-16-27(36)40-17-28(37)42-24-12-11-22-13-21(9-10-23(22)14-24)20(2)29(38)41-15-25(34)31-30(3,18-32)19-33/h9-14,20,32-33H,4-8,15-19H2,1-3H3,(H,31,34). The number of aliphatic hydroxyl groups is 2. The molecule has 0 radical (unpaired) electrons. The zero-order valence-electron chi connectivity index (χ0n) is 24.2. The monoisotopic (exact) mass is 589 g/mol. The highest BCUT2D eigenvalue weighted by Gasteiger charge is 2.26. The third-order valence-electron chi connectivity index (χ3n) is 6.34. The highest BCUT2D eigenvalue weighted by Crippen LogP contribution is 2.26. The van der Waals surface area contributed by atoms with E-state index in [9.17, 15) is 34.2 Å². The molecule has 1 amide bonds. The summed E-state index contributed by atoms with van der Waals surface area (Å²) in [7, 11) is 0. The van der Waals surface area contributed by atoms with Crippen molar-refractivity contribution in [1.29, 1.82) is 0 Å². The van der Waals surface area contributed by atoms with E-state index in [2.05, 4.69) is 12.2 Å². The summed E-state index contributed by atoms with van der Waals surface area (Å²) in [5, 5.41) is 22.4. The van der Waals surface area contributed by atoms with Gasteiger partial charge >= 0.3 is 23.9 Å². The topological polar surface area (TPSA) is 175 Å². The number of carbonyl (C=O) groups excluding carboxylic acids is 5. The highest BCUT2D eigenvalue weighted by atomic mass is 16.6. The molecule has 0 aliphatic carbocycles. The molecule has 42 heavy (non-hydrogen) atoms. The molecule has 0 bridgehead atoms. The van der Waals surface area contributed by atoms with Gasteiger partial charge in [-0.3, -0.25) is 14.4 Å². The predicted octanol–water partition coefficient (Wildman–Crippen LogP) is 2.31. The van der Waals surface area contributed by atoms with E-state index in [-0.39, 0.29) is 12.2 Å². The lowest BCUT2D eigenvalue weighted by atomic mass is 9.98. The molecule has 1 atom stereocenters. The number of carbonyl (C=O) groups is 5. The van der Waals surface area contributed by atoms with Crippen molar-refractivity contribution in [2.24, 2.45) is 0 Å². The second-order valence-electron chi connectivity index (χ2n) is 10.1. The molecule has 230 valence electrons. The number of hydrogen-bond donors (Lipinski definition) is 3. The van der Waals surface area contributed by atoms with Crippen molar-refractivity contribution in [3.05, 3.63) is 42.0 Å². The summed E-state index contributed by atoms with van der Waals surface area (Å²) in [6.07, 6.45) is 3.88. The Bertz CT molecular complexity index is 1240. The first-order chi connectivity index (χ1) is 20.0. The third-order valence-corrected chi connectivity index (χ3v) is 6.34. The molecule has 0 saturated heterocycles. The van der Waals surface area contributed by atoms with E-state index in [0.29, 0.717) is 17.4 Å². The zero-order valence-corrected chi connectivity index (χ0v) is 24.2. The number of benzene rings is 2. The van der Waals surface area contributed by atoms with Crippen LogP contribution in [0.25, 0.3) is 10.8 Å². The molecule has 0 aliphatic rings. The molecule has 2 rings (SSSR count). The molecule has 1 unspecified atom stereocenters. The summed E-state index contributed by atoms with van der Waals surface area (Å²) < 4.78 is 20.0. The Morgan fingerprint density at radius 2 is 1.45 bits per heavy atom. The van der Waals surface area contributed by atoms with E-state index >= 15 is 0 Å². The fraction of sp³-hybridized carbons (Fsp3) is 0.500. The van der Waals surface area contributed by atoms with Gasteiger partial charge in [0.25, 0.3) is 5.91 Å². The van der Waals surface area contributed by atoms with Crippen LogP contribution in [0, 0.1) is 0 Å². The molecule has 0 saturated carbocycles. The lowest BCUT2D eigenvalue weighted by Crippen LogP contribution is -2.52. The molecule has 0 aliphatic heterocycles. The van der Waals surface area contributed by atoms with Gasteiger partial charge in [-0.05, 0) is 48.7 Å². The van der Waals surface area contributed by atoms with Crippen LogP contribution >= 0.6 is 0 Å². The summed E-state index contributed by atoms with van der Waals surface area (Å²) >= 11 is 0. The summed E-state index contributed by atoms with van der Waals surface area (Å²) in [4.78, 5) is 60.0. The summed E-state index contributed by atoms with van der Waals surface area (Å²) in [6, 6.07) is 10.0. The lowest BCUT2D eigenvalue weighted by Gasteiger charge is -2.26. The van der Waals surface area contributed by atoms with Crippen LogP contribution in [0.2, 0.25) is 0 Å². The number of amides is 1. The van der Waals surface area contributed by atoms with Crippen LogP contribution < -0.4 is 10.1 Å². The Morgan fingerprint density at radius 1 is 0.810 bits per heavy atom. The number of fused-ring (bicyclic) bond motifs is 1. The first-order valence-corrected chi connectivity index (χ1v) is 13.7. The van der Waals surface area contributed by atoms with Crippen molar-refractivity contribution < 1.29 is 53.1 Å². The van der Waals surface area contributed by atoms with Gasteiger partial charge < -0.3 is 34.5 Å². The van der Waals surface area contributed by atoms with E-state index < -0.39 is 74.3 Å². The number of esters is 4. The van der Waals surface area contributed by atoms with Gasteiger partial charge in [-0.1, -0.05) is 50.5 Å². The number of unbranched alkanes of at least 4 members (excludes halogenated alkanes) is 3. The van der Waals surface area contributed by atoms with Crippen LogP contribution in [0.3, 0.4) is 0 Å². The van der Waals surface area contributed by atoms with Gasteiger partial charge in [0.1, 0.15) is 5.75 Å². The van der Waals surface area contributed by atoms with E-state index in [1.165, 1.54) is 6.92 Å². The summed E-state index contributed by atoms with van der Waals surface area (Å²) in [5.41, 5.74) is -0.601. The van der Waals surface area contributed by atoms with Crippen molar-refractivity contribution in [3.63, 3.8) is 0 Å². The van der Waals surface area contributed by atoms with Gasteiger partial charge in [0.05, 0.1) is 24.7 Å². The van der Waals surface area contributed by atoms with E-state index in [1.807, 2.05) is 0 Å². The van der Waals surface area contributed by atoms with E-state index in [0.717, 1.165) is 24.6 Å². The zero-order chi connectivity index (χ0) is 31.1. The van der Waals surface area contributed by atoms with Crippen LogP contribution in [-0.2, 0) is 38.2 Å². The van der Waals surface area contributed by atoms with Crippen LogP contribution in [-0.4, -0.2) is 78.6 Å². The molecule has 0 spiro atoms. The maximum Gasteiger partial charge on any atom is 0.349 e. The fourth-order valence-corrected chi connectivity index (χ4v) is 3.72. The van der Waals surface area contributed by atoms with Crippen LogP contribution in [0.5, 0.6) is 5.75 Å². The van der Waals surface area contributed by atoms with Gasteiger partial charge in [0, 0.05) is 6.42 Å². The Kier molecular flexibility index (Phi) is 13.9. The highest BCUT2D eigenvalue weighted by molar-refractivity contribution is 5.88. The minimum Gasteiger partial charge on any atom is -0.455 e. The maximum absolute atomic E-state index is 12.5. The molecule has 12 heteroatoms. The second kappa shape index (κ2) is 17.0. The predicted molar refractivity (Wildman–Crippen MR) is 150 cm³/mol. The maximum atomic E-state index is 12.5. The van der Waals surface area contributed by atoms with Gasteiger partial charge in [-0.25, -0.2) is 9.59 Å². The van der Waals surface area contributed by atoms with Crippen LogP contribution in [0.15, 0.2) is 36.4 Å². The Balaban J connectivity index is 1.83. The third kappa shape index (κ3) is 11.5. The number of ether oxygens (including phenoxy) is 4. The quantitative estimate of drug-likeness (QED) is 0.107. The molecule has 0 aromatic heterocycles. The number of hydrogen-bond acceptors (Lipinski definition) is 11. The molecule has 0 fully saturated rings. The molecule has 3 N–H and O–H groups in total. The number of aliphatic hydroxyl groups excluding tert-OH is 2. The Labute approximate surface area is 244 Å². The van der Waals surface area contributed by atoms with Crippen molar-refractivity contribution in [1.82, 2.24) is 5.32 Å². The summed E-state index contributed by atoms with van der Waals surface area (Å²) in [6.45, 7) is 2.37. The minimum atomic E-state index is -1.23. The van der Waals surface area contributed by atoms with E-state index in [1.54, 1.807) is 43.3 Å². The SMILES string of the molecule is CCCCCCC(=O)OCC(=O)OCC(=O)Oc1ccc2cc(C(C)C(=O)OCC(=O)NC(C)(CO)CO)ccc2c1. The smallest absolute Gasteiger partial charge is 0.349 e. The first-order valence-electron chi connectivity index (χ1n) is 13.7. The van der Waals surface area contributed by atoms with E-state index in [4.69, 9.17) is 18.9 Å². The lowest BCUT2D eigenvalue weighted by molar-refractivity contribution is -0.162. The van der Waals surface area contributed by atoms with Crippen molar-refractivity contribution >= 4 is 40.6 Å². The van der Waals surface area contributed by atoms with Gasteiger partial charge in [0.15, 0.2) is 19.8 Å². The number of rotatable bonds is 17. The van der Waals surface area contributed by atoms with Crippen LogP contribution in [0.1, 0.15) is 64.4 Å². The molecule has 0 heterocycles. The molecule has 2 aromatic rings. The van der Waals surface area contributed by atoms with Gasteiger partial charge in [0.2, 0.25) is 0 Å². The van der Waals surface area contributed by atoms with Crippen molar-refractivity contribution in [2.75, 3.05) is 33.0 Å². The molecular formula is C30H39NO11. The largest absolute Gasteiger partial charge is 0.455 e. The molecular weight excluding hydrogens is 550 g/mol. The minimum absolute atomic E-state index is 0.214. The molecule has 2 aromatic carbocycles. The summed E-state index contributed by atoms with van der Waals surface area (Å²) in [5.74, 6) is -3.95. The fourth-order valence-electron chi connectivity index (χ4n) is 3.72. The van der Waals surface area contributed by atoms with Gasteiger partial charge in [-0.15, -0.1) is 0 Å². The first kappa shape index (κ1) is 34.2. The van der Waals surface area contributed by atoms with Crippen molar-refractivity contribution in [3.8, 4) is 5.75 Å². The average Bonchev–Trinajstić information content (AvgIpc) is 2.99. The Morgan fingerprint density at radius 3 is 2.14 bits per heavy atom. The van der Waals surface area contributed by atoms with Crippen molar-refractivity contribution in [2.45, 2.75) is 64.3 Å². The van der Waals surface area contributed by atoms with Crippen LogP contribution in [0.4, 0.5) is 0 Å². The average molecular weight is 590 g/mol. The molecule has 12 nitrogen and oxygen atoms in total.